The number of aliphatic hydroxyl groups is 2. The standard InChI is InChI=1S/C22H45NO3/c1-3-4-5-6-7-8-9-10-11-12-13-14-15-16-17-21-22(25)20(18-24)23-19(2)26-21/h19-25H,3-18H2,1-2H3. The van der Waals surface area contributed by atoms with Gasteiger partial charge in [0.15, 0.2) is 0 Å². The zero-order chi connectivity index (χ0) is 19.0. The van der Waals surface area contributed by atoms with Crippen molar-refractivity contribution in [2.24, 2.45) is 0 Å². The highest BCUT2D eigenvalue weighted by Gasteiger charge is 2.34. The molecule has 0 bridgehead atoms. The molecular formula is C22H45NO3. The van der Waals surface area contributed by atoms with E-state index in [4.69, 9.17) is 4.74 Å². The summed E-state index contributed by atoms with van der Waals surface area (Å²) < 4.78 is 5.77. The summed E-state index contributed by atoms with van der Waals surface area (Å²) in [4.78, 5) is 0. The van der Waals surface area contributed by atoms with Crippen LogP contribution in [-0.4, -0.2) is 41.3 Å². The van der Waals surface area contributed by atoms with Crippen molar-refractivity contribution < 1.29 is 14.9 Å². The van der Waals surface area contributed by atoms with Gasteiger partial charge in [-0.15, -0.1) is 0 Å². The first-order valence-corrected chi connectivity index (χ1v) is 11.4. The van der Waals surface area contributed by atoms with Gasteiger partial charge in [-0.25, -0.2) is 0 Å². The molecule has 0 aromatic heterocycles. The quantitative estimate of drug-likeness (QED) is 0.337. The Morgan fingerprint density at radius 3 is 1.69 bits per heavy atom. The van der Waals surface area contributed by atoms with Gasteiger partial charge in [0, 0.05) is 0 Å². The average molecular weight is 372 g/mol. The second-order valence-corrected chi connectivity index (χ2v) is 8.15. The molecule has 0 saturated carbocycles. The van der Waals surface area contributed by atoms with E-state index in [2.05, 4.69) is 12.2 Å². The van der Waals surface area contributed by atoms with Gasteiger partial charge in [0.25, 0.3) is 0 Å². The largest absolute Gasteiger partial charge is 0.395 e. The van der Waals surface area contributed by atoms with E-state index in [9.17, 15) is 10.2 Å². The molecule has 3 N–H and O–H groups in total. The van der Waals surface area contributed by atoms with Crippen molar-refractivity contribution >= 4 is 0 Å². The predicted octanol–water partition coefficient (Wildman–Crippen LogP) is 4.91. The molecule has 0 aromatic carbocycles. The molecule has 0 radical (unpaired) electrons. The fourth-order valence-electron chi connectivity index (χ4n) is 3.98. The van der Waals surface area contributed by atoms with E-state index in [0.29, 0.717) is 0 Å². The Morgan fingerprint density at radius 2 is 1.23 bits per heavy atom. The first-order chi connectivity index (χ1) is 12.7. The van der Waals surface area contributed by atoms with Crippen LogP contribution in [0, 0.1) is 0 Å². The summed E-state index contributed by atoms with van der Waals surface area (Å²) in [5, 5.41) is 22.6. The molecule has 0 aliphatic carbocycles. The zero-order valence-electron chi connectivity index (χ0n) is 17.4. The van der Waals surface area contributed by atoms with E-state index >= 15 is 0 Å². The van der Waals surface area contributed by atoms with Crippen LogP contribution >= 0.6 is 0 Å². The molecule has 4 nitrogen and oxygen atoms in total. The molecule has 1 saturated heterocycles. The van der Waals surface area contributed by atoms with Crippen LogP contribution in [0.25, 0.3) is 0 Å². The summed E-state index contributed by atoms with van der Waals surface area (Å²) in [7, 11) is 0. The summed E-state index contributed by atoms with van der Waals surface area (Å²) >= 11 is 0. The molecule has 0 aromatic rings. The minimum atomic E-state index is -0.599. The van der Waals surface area contributed by atoms with Crippen molar-refractivity contribution in [2.75, 3.05) is 6.61 Å². The Morgan fingerprint density at radius 1 is 0.769 bits per heavy atom. The van der Waals surface area contributed by atoms with Crippen LogP contribution in [0.15, 0.2) is 0 Å². The molecular weight excluding hydrogens is 326 g/mol. The maximum Gasteiger partial charge on any atom is 0.106 e. The number of ether oxygens (including phenoxy) is 1. The second kappa shape index (κ2) is 15.9. The lowest BCUT2D eigenvalue weighted by molar-refractivity contribution is -0.146. The summed E-state index contributed by atoms with van der Waals surface area (Å²) in [5.74, 6) is 0. The molecule has 1 aliphatic rings. The van der Waals surface area contributed by atoms with Crippen molar-refractivity contribution in [1.29, 1.82) is 0 Å². The van der Waals surface area contributed by atoms with E-state index in [1.54, 1.807) is 0 Å². The first kappa shape index (κ1) is 23.9. The Labute approximate surface area is 162 Å². The van der Waals surface area contributed by atoms with Gasteiger partial charge in [0.05, 0.1) is 24.9 Å². The first-order valence-electron chi connectivity index (χ1n) is 11.4. The summed E-state index contributed by atoms with van der Waals surface area (Å²) in [6, 6.07) is -0.254. The van der Waals surface area contributed by atoms with Crippen molar-refractivity contribution in [2.45, 2.75) is 135 Å². The van der Waals surface area contributed by atoms with E-state index in [0.717, 1.165) is 12.8 Å². The van der Waals surface area contributed by atoms with Crippen LogP contribution in [0.2, 0.25) is 0 Å². The van der Waals surface area contributed by atoms with Gasteiger partial charge in [-0.1, -0.05) is 96.8 Å². The van der Waals surface area contributed by atoms with Crippen molar-refractivity contribution in [3.05, 3.63) is 0 Å². The zero-order valence-corrected chi connectivity index (χ0v) is 17.4. The maximum atomic E-state index is 10.2. The molecule has 0 amide bonds. The highest BCUT2D eigenvalue weighted by molar-refractivity contribution is 4.86. The van der Waals surface area contributed by atoms with Gasteiger partial charge in [-0.3, -0.25) is 5.32 Å². The molecule has 1 rings (SSSR count). The second-order valence-electron chi connectivity index (χ2n) is 8.15. The summed E-state index contributed by atoms with van der Waals surface area (Å²) in [5.41, 5.74) is 0. The SMILES string of the molecule is CCCCCCCCCCCCCCCCC1OC(C)NC(CO)C1O. The van der Waals surface area contributed by atoms with Gasteiger partial charge in [0.1, 0.15) is 6.23 Å². The van der Waals surface area contributed by atoms with E-state index < -0.39 is 6.10 Å². The molecule has 1 fully saturated rings. The van der Waals surface area contributed by atoms with Gasteiger partial charge >= 0.3 is 0 Å². The van der Waals surface area contributed by atoms with Crippen LogP contribution in [0.5, 0.6) is 0 Å². The molecule has 1 aliphatic heterocycles. The fraction of sp³-hybridized carbons (Fsp3) is 1.00. The Bertz CT molecular complexity index is 314. The van der Waals surface area contributed by atoms with Crippen LogP contribution in [0.4, 0.5) is 0 Å². The van der Waals surface area contributed by atoms with E-state index in [1.165, 1.54) is 83.5 Å². The lowest BCUT2D eigenvalue weighted by Gasteiger charge is -2.38. The molecule has 4 atom stereocenters. The minimum Gasteiger partial charge on any atom is -0.395 e. The minimum absolute atomic E-state index is 0.0376. The Hall–Kier alpha value is -0.160. The van der Waals surface area contributed by atoms with Crippen LogP contribution in [-0.2, 0) is 4.74 Å². The Balaban J connectivity index is 1.87. The Kier molecular flexibility index (Phi) is 14.6. The molecule has 4 unspecified atom stereocenters. The normalized spacial score (nSPS) is 26.3. The van der Waals surface area contributed by atoms with Crippen molar-refractivity contribution in [3.63, 3.8) is 0 Å². The number of hydrogen-bond acceptors (Lipinski definition) is 4. The van der Waals surface area contributed by atoms with Crippen molar-refractivity contribution in [1.82, 2.24) is 5.32 Å². The van der Waals surface area contributed by atoms with Gasteiger partial charge in [0.2, 0.25) is 0 Å². The topological polar surface area (TPSA) is 61.7 Å². The summed E-state index contributed by atoms with van der Waals surface area (Å²) in [6.07, 6.45) is 19.0. The monoisotopic (exact) mass is 371 g/mol. The van der Waals surface area contributed by atoms with Crippen LogP contribution in [0.3, 0.4) is 0 Å². The molecule has 156 valence electrons. The van der Waals surface area contributed by atoms with Crippen LogP contribution in [0.1, 0.15) is 110 Å². The lowest BCUT2D eigenvalue weighted by atomic mass is 9.97. The van der Waals surface area contributed by atoms with Gasteiger partial charge < -0.3 is 14.9 Å². The molecule has 26 heavy (non-hydrogen) atoms. The van der Waals surface area contributed by atoms with Gasteiger partial charge in [-0.2, -0.15) is 0 Å². The number of unbranched alkanes of at least 4 members (excludes halogenated alkanes) is 13. The molecule has 0 spiro atoms. The third-order valence-electron chi connectivity index (χ3n) is 5.66. The lowest BCUT2D eigenvalue weighted by Crippen LogP contribution is -2.59. The van der Waals surface area contributed by atoms with E-state index in [1.807, 2.05) is 6.92 Å². The number of nitrogens with one attached hydrogen (secondary N) is 1. The maximum absolute atomic E-state index is 10.2. The molecule has 1 heterocycles. The average Bonchev–Trinajstić information content (AvgIpc) is 2.64. The van der Waals surface area contributed by atoms with Gasteiger partial charge in [-0.05, 0) is 13.3 Å². The van der Waals surface area contributed by atoms with Crippen molar-refractivity contribution in [3.8, 4) is 0 Å². The number of hydrogen-bond donors (Lipinski definition) is 3. The fourth-order valence-corrected chi connectivity index (χ4v) is 3.98. The predicted molar refractivity (Wildman–Crippen MR) is 109 cm³/mol. The highest BCUT2D eigenvalue weighted by atomic mass is 16.5. The third kappa shape index (κ3) is 10.9. The van der Waals surface area contributed by atoms with E-state index in [-0.39, 0.29) is 25.0 Å². The smallest absolute Gasteiger partial charge is 0.106 e. The third-order valence-corrected chi connectivity index (χ3v) is 5.66. The highest BCUT2D eigenvalue weighted by Crippen LogP contribution is 2.20. The number of rotatable bonds is 16. The van der Waals surface area contributed by atoms with Crippen LogP contribution < -0.4 is 5.32 Å². The molecule has 4 heteroatoms. The number of aliphatic hydroxyl groups excluding tert-OH is 2. The summed E-state index contributed by atoms with van der Waals surface area (Å²) in [6.45, 7) is 4.18.